The zero-order chi connectivity index (χ0) is 8.48. The molecule has 0 spiro atoms. The highest BCUT2D eigenvalue weighted by atomic mass is 16.6. The summed E-state index contributed by atoms with van der Waals surface area (Å²) < 4.78 is 9.48. The van der Waals surface area contributed by atoms with E-state index in [4.69, 9.17) is 10.5 Å². The molecule has 5 nitrogen and oxygen atoms in total. The van der Waals surface area contributed by atoms with Crippen LogP contribution in [-0.2, 0) is 9.47 Å². The maximum absolute atomic E-state index is 10.3. The number of primary amides is 1. The van der Waals surface area contributed by atoms with E-state index in [1.807, 2.05) is 0 Å². The zero-order valence-corrected chi connectivity index (χ0v) is 6.24. The van der Waals surface area contributed by atoms with Gasteiger partial charge in [-0.2, -0.15) is 0 Å². The molecule has 1 heterocycles. The second kappa shape index (κ2) is 2.67. The Kier molecular flexibility index (Phi) is 2.01. The first kappa shape index (κ1) is 8.29. The van der Waals surface area contributed by atoms with Crippen LogP contribution in [0.3, 0.4) is 0 Å². The summed E-state index contributed by atoms with van der Waals surface area (Å²) in [5.41, 5.74) is 3.66. The molecule has 0 bridgehead atoms. The molecule has 1 fully saturated rings. The van der Waals surface area contributed by atoms with Gasteiger partial charge in [-0.3, -0.25) is 0 Å². The number of nitrogens with two attached hydrogens (primary N) is 1. The molecule has 5 heteroatoms. The minimum absolute atomic E-state index is 0.172. The van der Waals surface area contributed by atoms with Gasteiger partial charge in [-0.05, 0) is 6.92 Å². The second-order valence-electron chi connectivity index (χ2n) is 2.80. The summed E-state index contributed by atoms with van der Waals surface area (Å²) in [6.07, 6.45) is -1.53. The van der Waals surface area contributed by atoms with E-state index < -0.39 is 17.8 Å². The SMILES string of the molecule is CC1(O)COCC1OC(N)=O. The fourth-order valence-corrected chi connectivity index (χ4v) is 0.946. The van der Waals surface area contributed by atoms with Crippen LogP contribution in [0.25, 0.3) is 0 Å². The lowest BCUT2D eigenvalue weighted by Gasteiger charge is -2.21. The molecule has 0 aromatic carbocycles. The average molecular weight is 161 g/mol. The normalized spacial score (nSPS) is 37.1. The number of carbonyl (C=O) groups is 1. The molecule has 1 amide bonds. The average Bonchev–Trinajstić information content (AvgIpc) is 2.10. The molecule has 3 N–H and O–H groups in total. The summed E-state index contributed by atoms with van der Waals surface area (Å²) >= 11 is 0. The Morgan fingerprint density at radius 3 is 2.91 bits per heavy atom. The van der Waals surface area contributed by atoms with Gasteiger partial charge in [0, 0.05) is 0 Å². The summed E-state index contributed by atoms with van der Waals surface area (Å²) in [5.74, 6) is 0. The van der Waals surface area contributed by atoms with Crippen molar-refractivity contribution in [1.82, 2.24) is 0 Å². The molecule has 1 saturated heterocycles. The van der Waals surface area contributed by atoms with Crippen molar-refractivity contribution in [1.29, 1.82) is 0 Å². The standard InChI is InChI=1S/C6H11NO4/c1-6(9)3-10-2-4(6)11-5(7)8/h4,9H,2-3H2,1H3,(H2,7,8). The van der Waals surface area contributed by atoms with Crippen LogP contribution in [0.15, 0.2) is 0 Å². The first-order valence-corrected chi connectivity index (χ1v) is 3.28. The van der Waals surface area contributed by atoms with Crippen LogP contribution < -0.4 is 5.73 Å². The van der Waals surface area contributed by atoms with Crippen molar-refractivity contribution < 1.29 is 19.4 Å². The Morgan fingerprint density at radius 2 is 2.55 bits per heavy atom. The number of hydrogen-bond acceptors (Lipinski definition) is 4. The molecule has 0 aromatic heterocycles. The lowest BCUT2D eigenvalue weighted by Crippen LogP contribution is -2.42. The van der Waals surface area contributed by atoms with Crippen molar-refractivity contribution in [3.63, 3.8) is 0 Å². The molecule has 0 saturated carbocycles. The molecule has 1 aliphatic heterocycles. The van der Waals surface area contributed by atoms with Gasteiger partial charge in [0.2, 0.25) is 0 Å². The predicted octanol–water partition coefficient (Wildman–Crippen LogP) is -0.768. The first-order chi connectivity index (χ1) is 5.02. The fraction of sp³-hybridized carbons (Fsp3) is 0.833. The van der Waals surface area contributed by atoms with E-state index in [1.165, 1.54) is 6.92 Å². The van der Waals surface area contributed by atoms with Gasteiger partial charge in [0.05, 0.1) is 13.2 Å². The number of amides is 1. The molecule has 1 aliphatic rings. The van der Waals surface area contributed by atoms with E-state index in [9.17, 15) is 9.90 Å². The van der Waals surface area contributed by atoms with Gasteiger partial charge in [-0.1, -0.05) is 0 Å². The second-order valence-corrected chi connectivity index (χ2v) is 2.80. The van der Waals surface area contributed by atoms with Gasteiger partial charge in [-0.15, -0.1) is 0 Å². The molecule has 2 unspecified atom stereocenters. The van der Waals surface area contributed by atoms with Crippen molar-refractivity contribution in [2.24, 2.45) is 5.73 Å². The van der Waals surface area contributed by atoms with Gasteiger partial charge >= 0.3 is 6.09 Å². The van der Waals surface area contributed by atoms with Gasteiger partial charge in [0.25, 0.3) is 0 Å². The van der Waals surface area contributed by atoms with E-state index in [1.54, 1.807) is 0 Å². The summed E-state index contributed by atoms with van der Waals surface area (Å²) in [4.78, 5) is 10.3. The smallest absolute Gasteiger partial charge is 0.404 e. The maximum Gasteiger partial charge on any atom is 0.404 e. The molecule has 64 valence electrons. The van der Waals surface area contributed by atoms with E-state index >= 15 is 0 Å². The molecule has 0 aromatic rings. The number of rotatable bonds is 1. The van der Waals surface area contributed by atoms with Crippen LogP contribution in [0.1, 0.15) is 6.92 Å². The summed E-state index contributed by atoms with van der Waals surface area (Å²) in [7, 11) is 0. The van der Waals surface area contributed by atoms with Gasteiger partial charge in [0.15, 0.2) is 6.10 Å². The predicted molar refractivity (Wildman–Crippen MR) is 35.9 cm³/mol. The van der Waals surface area contributed by atoms with Crippen LogP contribution in [-0.4, -0.2) is 36.1 Å². The van der Waals surface area contributed by atoms with Crippen LogP contribution in [0, 0.1) is 0 Å². The minimum Gasteiger partial charge on any atom is -0.441 e. The van der Waals surface area contributed by atoms with Gasteiger partial charge in [-0.25, -0.2) is 4.79 Å². The third-order valence-corrected chi connectivity index (χ3v) is 1.62. The van der Waals surface area contributed by atoms with Crippen LogP contribution in [0.5, 0.6) is 0 Å². The summed E-state index contributed by atoms with van der Waals surface area (Å²) in [6, 6.07) is 0. The Bertz CT molecular complexity index is 168. The van der Waals surface area contributed by atoms with E-state index in [0.717, 1.165) is 0 Å². The zero-order valence-electron chi connectivity index (χ0n) is 6.24. The van der Waals surface area contributed by atoms with Crippen molar-refractivity contribution in [3.05, 3.63) is 0 Å². The van der Waals surface area contributed by atoms with Crippen molar-refractivity contribution >= 4 is 6.09 Å². The van der Waals surface area contributed by atoms with Gasteiger partial charge < -0.3 is 20.3 Å². The first-order valence-electron chi connectivity index (χ1n) is 3.28. The van der Waals surface area contributed by atoms with Gasteiger partial charge in [0.1, 0.15) is 5.60 Å². The Labute approximate surface area is 64.1 Å². The topological polar surface area (TPSA) is 81.8 Å². The van der Waals surface area contributed by atoms with Crippen molar-refractivity contribution in [2.75, 3.05) is 13.2 Å². The van der Waals surface area contributed by atoms with E-state index in [2.05, 4.69) is 4.74 Å². The molecular weight excluding hydrogens is 150 g/mol. The van der Waals surface area contributed by atoms with E-state index in [-0.39, 0.29) is 13.2 Å². The van der Waals surface area contributed by atoms with Crippen LogP contribution >= 0.6 is 0 Å². The van der Waals surface area contributed by atoms with Crippen molar-refractivity contribution in [2.45, 2.75) is 18.6 Å². The number of carbonyl (C=O) groups excluding carboxylic acids is 1. The maximum atomic E-state index is 10.3. The van der Waals surface area contributed by atoms with E-state index in [0.29, 0.717) is 0 Å². The third-order valence-electron chi connectivity index (χ3n) is 1.62. The third kappa shape index (κ3) is 1.81. The quantitative estimate of drug-likeness (QED) is 0.529. The minimum atomic E-state index is -1.10. The molecule has 1 rings (SSSR count). The summed E-state index contributed by atoms with van der Waals surface area (Å²) in [5, 5.41) is 9.45. The highest BCUT2D eigenvalue weighted by Crippen LogP contribution is 2.20. The molecule has 0 aliphatic carbocycles. The molecular formula is C6H11NO4. The highest BCUT2D eigenvalue weighted by Gasteiger charge is 2.40. The fourth-order valence-electron chi connectivity index (χ4n) is 0.946. The van der Waals surface area contributed by atoms with Crippen molar-refractivity contribution in [3.8, 4) is 0 Å². The number of aliphatic hydroxyl groups is 1. The largest absolute Gasteiger partial charge is 0.441 e. The Morgan fingerprint density at radius 1 is 1.91 bits per heavy atom. The van der Waals surface area contributed by atoms with Crippen LogP contribution in [0.4, 0.5) is 4.79 Å². The monoisotopic (exact) mass is 161 g/mol. The molecule has 11 heavy (non-hydrogen) atoms. The van der Waals surface area contributed by atoms with Crippen LogP contribution in [0.2, 0.25) is 0 Å². The highest BCUT2D eigenvalue weighted by molar-refractivity contribution is 5.65. The lowest BCUT2D eigenvalue weighted by atomic mass is 10.0. The summed E-state index contributed by atoms with van der Waals surface area (Å²) in [6.45, 7) is 1.91. The lowest BCUT2D eigenvalue weighted by molar-refractivity contribution is -0.0334. The molecule has 0 radical (unpaired) electrons. The molecule has 2 atom stereocenters. The number of ether oxygens (including phenoxy) is 2. The Hall–Kier alpha value is -0.810. The Balaban J connectivity index is 2.51. The number of hydrogen-bond donors (Lipinski definition) is 2.